The van der Waals surface area contributed by atoms with Crippen molar-refractivity contribution in [1.82, 2.24) is 9.71 Å². The van der Waals surface area contributed by atoms with Gasteiger partial charge >= 0.3 is 0 Å². The van der Waals surface area contributed by atoms with E-state index in [-0.39, 0.29) is 17.1 Å². The summed E-state index contributed by atoms with van der Waals surface area (Å²) in [7, 11) is -2.09. The normalized spacial score (nSPS) is 10.9. The van der Waals surface area contributed by atoms with Crippen LogP contribution in [0.5, 0.6) is 5.75 Å². The van der Waals surface area contributed by atoms with E-state index >= 15 is 0 Å². The third-order valence-electron chi connectivity index (χ3n) is 2.79. The van der Waals surface area contributed by atoms with Crippen molar-refractivity contribution >= 4 is 10.0 Å². The molecule has 0 bridgehead atoms. The first-order valence-corrected chi connectivity index (χ1v) is 7.52. The van der Waals surface area contributed by atoms with Crippen LogP contribution >= 0.6 is 0 Å². The van der Waals surface area contributed by atoms with Gasteiger partial charge in [-0.2, -0.15) is 5.26 Å². The van der Waals surface area contributed by atoms with Gasteiger partial charge in [0.15, 0.2) is 0 Å². The van der Waals surface area contributed by atoms with Crippen LogP contribution in [0.4, 0.5) is 0 Å². The fourth-order valence-corrected chi connectivity index (χ4v) is 2.57. The quantitative estimate of drug-likeness (QED) is 0.902. The van der Waals surface area contributed by atoms with Gasteiger partial charge in [0.25, 0.3) is 0 Å². The fraction of sp³-hybridized carbons (Fsp3) is 0.143. The number of benzene rings is 1. The molecule has 0 amide bonds. The Morgan fingerprint density at radius 2 is 1.95 bits per heavy atom. The number of nitrogens with one attached hydrogen (secondary N) is 1. The molecule has 0 unspecified atom stereocenters. The summed E-state index contributed by atoms with van der Waals surface area (Å²) in [5.41, 5.74) is 0.977. The summed E-state index contributed by atoms with van der Waals surface area (Å²) in [4.78, 5) is 3.77. The number of hydrogen-bond donors (Lipinski definition) is 1. The summed E-state index contributed by atoms with van der Waals surface area (Å²) in [5, 5.41) is 8.64. The lowest BCUT2D eigenvalue weighted by molar-refractivity contribution is 0.414. The maximum absolute atomic E-state index is 12.1. The van der Waals surface area contributed by atoms with Gasteiger partial charge in [0.2, 0.25) is 10.0 Å². The molecule has 0 aliphatic rings. The molecule has 7 heteroatoms. The number of pyridine rings is 1. The second-order valence-corrected chi connectivity index (χ2v) is 5.93. The SMILES string of the molecule is COc1ccc(CNS(=O)(=O)c2ccc(C#N)nc2)cc1. The molecule has 21 heavy (non-hydrogen) atoms. The van der Waals surface area contributed by atoms with Gasteiger partial charge < -0.3 is 4.74 Å². The lowest BCUT2D eigenvalue weighted by atomic mass is 10.2. The maximum atomic E-state index is 12.1. The Morgan fingerprint density at radius 1 is 1.24 bits per heavy atom. The highest BCUT2D eigenvalue weighted by Crippen LogP contribution is 2.12. The molecule has 2 aromatic rings. The minimum atomic E-state index is -3.65. The zero-order valence-electron chi connectivity index (χ0n) is 11.3. The summed E-state index contributed by atoms with van der Waals surface area (Å²) >= 11 is 0. The molecule has 0 saturated carbocycles. The Labute approximate surface area is 123 Å². The Bertz CT molecular complexity index is 748. The monoisotopic (exact) mass is 303 g/mol. The second kappa shape index (κ2) is 6.35. The van der Waals surface area contributed by atoms with Crippen molar-refractivity contribution in [3.63, 3.8) is 0 Å². The average molecular weight is 303 g/mol. The van der Waals surface area contributed by atoms with Crippen LogP contribution in [0.2, 0.25) is 0 Å². The Kier molecular flexibility index (Phi) is 4.52. The van der Waals surface area contributed by atoms with Gasteiger partial charge in [0.1, 0.15) is 22.4 Å². The third-order valence-corrected chi connectivity index (χ3v) is 4.17. The zero-order valence-corrected chi connectivity index (χ0v) is 12.1. The zero-order chi connectivity index (χ0) is 15.3. The van der Waals surface area contributed by atoms with E-state index in [4.69, 9.17) is 10.00 Å². The first-order valence-electron chi connectivity index (χ1n) is 6.04. The molecule has 1 aromatic heterocycles. The highest BCUT2D eigenvalue weighted by atomic mass is 32.2. The smallest absolute Gasteiger partial charge is 0.242 e. The van der Waals surface area contributed by atoms with Crippen LogP contribution < -0.4 is 9.46 Å². The largest absolute Gasteiger partial charge is 0.497 e. The van der Waals surface area contributed by atoms with Crippen LogP contribution in [0.15, 0.2) is 47.5 Å². The molecule has 1 heterocycles. The maximum Gasteiger partial charge on any atom is 0.242 e. The number of sulfonamides is 1. The standard InChI is InChI=1S/C14H13N3O3S/c1-20-13-5-2-11(3-6-13)9-17-21(18,19)14-7-4-12(8-15)16-10-14/h2-7,10,17H,9H2,1H3. The number of nitrogens with zero attached hydrogens (tertiary/aromatic N) is 2. The fourth-order valence-electron chi connectivity index (χ4n) is 1.61. The molecular weight excluding hydrogens is 290 g/mol. The van der Waals surface area contributed by atoms with Gasteiger partial charge in [-0.25, -0.2) is 18.1 Å². The van der Waals surface area contributed by atoms with Crippen molar-refractivity contribution < 1.29 is 13.2 Å². The Morgan fingerprint density at radius 3 is 2.48 bits per heavy atom. The number of ether oxygens (including phenoxy) is 1. The molecule has 2 rings (SSSR count). The van der Waals surface area contributed by atoms with Gasteiger partial charge in [-0.1, -0.05) is 12.1 Å². The molecule has 0 atom stereocenters. The predicted octanol–water partition coefficient (Wildman–Crippen LogP) is 1.44. The summed E-state index contributed by atoms with van der Waals surface area (Å²) in [6, 6.07) is 11.6. The molecule has 108 valence electrons. The lowest BCUT2D eigenvalue weighted by Gasteiger charge is -2.07. The molecule has 0 spiro atoms. The molecule has 1 aromatic carbocycles. The summed E-state index contributed by atoms with van der Waals surface area (Å²) in [6.07, 6.45) is 1.16. The number of hydrogen-bond acceptors (Lipinski definition) is 5. The minimum Gasteiger partial charge on any atom is -0.497 e. The molecule has 0 aliphatic heterocycles. The van der Waals surface area contributed by atoms with E-state index in [9.17, 15) is 8.42 Å². The summed E-state index contributed by atoms with van der Waals surface area (Å²) < 4.78 is 31.6. The van der Waals surface area contributed by atoms with Crippen LogP contribution in [-0.2, 0) is 16.6 Å². The highest BCUT2D eigenvalue weighted by molar-refractivity contribution is 7.89. The van der Waals surface area contributed by atoms with Gasteiger partial charge in [-0.3, -0.25) is 0 Å². The van der Waals surface area contributed by atoms with Crippen LogP contribution in [-0.4, -0.2) is 20.5 Å². The summed E-state index contributed by atoms with van der Waals surface area (Å²) in [5.74, 6) is 0.706. The predicted molar refractivity (Wildman–Crippen MR) is 76.0 cm³/mol. The number of nitriles is 1. The van der Waals surface area contributed by atoms with Gasteiger partial charge in [-0.15, -0.1) is 0 Å². The molecule has 0 aliphatic carbocycles. The van der Waals surface area contributed by atoms with Crippen molar-refractivity contribution in [3.05, 3.63) is 53.9 Å². The van der Waals surface area contributed by atoms with Crippen LogP contribution in [0.25, 0.3) is 0 Å². The second-order valence-electron chi connectivity index (χ2n) is 4.16. The molecule has 0 fully saturated rings. The third kappa shape index (κ3) is 3.78. The van der Waals surface area contributed by atoms with Crippen molar-refractivity contribution in [2.24, 2.45) is 0 Å². The molecule has 0 radical (unpaired) electrons. The minimum absolute atomic E-state index is 0.0232. The number of rotatable bonds is 5. The van der Waals surface area contributed by atoms with Crippen LogP contribution in [0.3, 0.4) is 0 Å². The van der Waals surface area contributed by atoms with E-state index in [0.717, 1.165) is 11.8 Å². The van der Waals surface area contributed by atoms with Crippen molar-refractivity contribution in [2.75, 3.05) is 7.11 Å². The number of aromatic nitrogens is 1. The van der Waals surface area contributed by atoms with E-state index in [1.807, 2.05) is 6.07 Å². The van der Waals surface area contributed by atoms with Gasteiger partial charge in [0.05, 0.1) is 7.11 Å². The van der Waals surface area contributed by atoms with Crippen LogP contribution in [0.1, 0.15) is 11.3 Å². The van der Waals surface area contributed by atoms with E-state index in [0.29, 0.717) is 5.75 Å². The molecular formula is C14H13N3O3S. The first-order chi connectivity index (χ1) is 10.0. The lowest BCUT2D eigenvalue weighted by Crippen LogP contribution is -2.23. The van der Waals surface area contributed by atoms with Gasteiger partial charge in [0, 0.05) is 12.7 Å². The van der Waals surface area contributed by atoms with Crippen molar-refractivity contribution in [2.45, 2.75) is 11.4 Å². The van der Waals surface area contributed by atoms with E-state index < -0.39 is 10.0 Å². The van der Waals surface area contributed by atoms with E-state index in [1.165, 1.54) is 12.1 Å². The Hall–Kier alpha value is -2.43. The highest BCUT2D eigenvalue weighted by Gasteiger charge is 2.14. The number of methoxy groups -OCH3 is 1. The van der Waals surface area contributed by atoms with Crippen molar-refractivity contribution in [3.8, 4) is 11.8 Å². The molecule has 6 nitrogen and oxygen atoms in total. The molecule has 1 N–H and O–H groups in total. The van der Waals surface area contributed by atoms with E-state index in [2.05, 4.69) is 9.71 Å². The average Bonchev–Trinajstić information content (AvgIpc) is 2.53. The Balaban J connectivity index is 2.08. The van der Waals surface area contributed by atoms with E-state index in [1.54, 1.807) is 31.4 Å². The van der Waals surface area contributed by atoms with Crippen molar-refractivity contribution in [1.29, 1.82) is 5.26 Å². The van der Waals surface area contributed by atoms with Crippen LogP contribution in [0, 0.1) is 11.3 Å². The summed E-state index contributed by atoms with van der Waals surface area (Å²) in [6.45, 7) is 0.159. The topological polar surface area (TPSA) is 92.1 Å². The first kappa shape index (κ1) is 15.0. The molecule has 0 saturated heterocycles. The van der Waals surface area contributed by atoms with Gasteiger partial charge in [-0.05, 0) is 29.8 Å².